The summed E-state index contributed by atoms with van der Waals surface area (Å²) < 4.78 is 11.2. The second-order valence-corrected chi connectivity index (χ2v) is 6.64. The molecule has 0 heterocycles. The molecule has 15 heavy (non-hydrogen) atoms. The molecule has 1 rings (SSSR count). The van der Waals surface area contributed by atoms with Crippen molar-refractivity contribution in [2.45, 2.75) is 39.5 Å². The van der Waals surface area contributed by atoms with E-state index in [9.17, 15) is 4.21 Å². The molecule has 1 fully saturated rings. The van der Waals surface area contributed by atoms with Crippen molar-refractivity contribution in [2.75, 3.05) is 24.6 Å². The van der Waals surface area contributed by atoms with E-state index < -0.39 is 10.8 Å². The molecule has 0 bridgehead atoms. The van der Waals surface area contributed by atoms with E-state index in [1.165, 1.54) is 25.7 Å². The SMILES string of the molecule is CCS(=O)CCNCC1CCCC(C)C1. The lowest BCUT2D eigenvalue weighted by Gasteiger charge is -2.26. The molecule has 3 unspecified atom stereocenters. The van der Waals surface area contributed by atoms with Gasteiger partial charge in [0.1, 0.15) is 0 Å². The molecule has 0 aromatic rings. The van der Waals surface area contributed by atoms with Gasteiger partial charge in [-0.05, 0) is 31.2 Å². The molecule has 3 heteroatoms. The van der Waals surface area contributed by atoms with Crippen LogP contribution in [0, 0.1) is 11.8 Å². The lowest BCUT2D eigenvalue weighted by Crippen LogP contribution is -2.29. The van der Waals surface area contributed by atoms with Gasteiger partial charge in [-0.2, -0.15) is 0 Å². The Morgan fingerprint density at radius 2 is 2.20 bits per heavy atom. The maximum absolute atomic E-state index is 11.2. The van der Waals surface area contributed by atoms with Gasteiger partial charge in [-0.25, -0.2) is 0 Å². The van der Waals surface area contributed by atoms with E-state index in [1.807, 2.05) is 6.92 Å². The summed E-state index contributed by atoms with van der Waals surface area (Å²) in [6.45, 7) is 6.40. The van der Waals surface area contributed by atoms with Gasteiger partial charge in [0.15, 0.2) is 0 Å². The summed E-state index contributed by atoms with van der Waals surface area (Å²) in [6.07, 6.45) is 5.57. The highest BCUT2D eigenvalue weighted by Gasteiger charge is 2.17. The topological polar surface area (TPSA) is 29.1 Å². The van der Waals surface area contributed by atoms with Gasteiger partial charge in [-0.3, -0.25) is 4.21 Å². The van der Waals surface area contributed by atoms with Crippen molar-refractivity contribution in [3.8, 4) is 0 Å². The van der Waals surface area contributed by atoms with Crippen LogP contribution in [-0.4, -0.2) is 28.8 Å². The second-order valence-electron chi connectivity index (χ2n) is 4.77. The molecule has 0 aromatic carbocycles. The van der Waals surface area contributed by atoms with Crippen molar-refractivity contribution >= 4 is 10.8 Å². The van der Waals surface area contributed by atoms with Gasteiger partial charge in [0.05, 0.1) is 0 Å². The molecule has 2 nitrogen and oxygen atoms in total. The van der Waals surface area contributed by atoms with Crippen molar-refractivity contribution in [2.24, 2.45) is 11.8 Å². The third-order valence-corrected chi connectivity index (χ3v) is 4.61. The molecule has 0 aromatic heterocycles. The Kier molecular flexibility index (Phi) is 6.50. The van der Waals surface area contributed by atoms with Crippen LogP contribution in [0.2, 0.25) is 0 Å². The summed E-state index contributed by atoms with van der Waals surface area (Å²) in [5.41, 5.74) is 0. The van der Waals surface area contributed by atoms with Crippen molar-refractivity contribution in [3.05, 3.63) is 0 Å². The molecule has 1 aliphatic rings. The summed E-state index contributed by atoms with van der Waals surface area (Å²) in [6, 6.07) is 0. The lowest BCUT2D eigenvalue weighted by atomic mass is 9.82. The highest BCUT2D eigenvalue weighted by molar-refractivity contribution is 7.84. The molecule has 0 saturated heterocycles. The quantitative estimate of drug-likeness (QED) is 0.710. The minimum absolute atomic E-state index is 0.603. The summed E-state index contributed by atoms with van der Waals surface area (Å²) >= 11 is 0. The molecule has 90 valence electrons. The number of nitrogens with one attached hydrogen (secondary N) is 1. The van der Waals surface area contributed by atoms with Crippen LogP contribution in [0.1, 0.15) is 39.5 Å². The Hall–Kier alpha value is 0.110. The van der Waals surface area contributed by atoms with E-state index in [1.54, 1.807) is 0 Å². The van der Waals surface area contributed by atoms with Crippen molar-refractivity contribution in [1.82, 2.24) is 5.32 Å². The molecular weight excluding hydrogens is 206 g/mol. The van der Waals surface area contributed by atoms with Crippen molar-refractivity contribution in [1.29, 1.82) is 0 Å². The molecule has 0 aliphatic heterocycles. The first-order valence-electron chi connectivity index (χ1n) is 6.28. The van der Waals surface area contributed by atoms with Gasteiger partial charge in [-0.1, -0.05) is 26.7 Å². The van der Waals surface area contributed by atoms with Crippen LogP contribution in [0.3, 0.4) is 0 Å². The van der Waals surface area contributed by atoms with Gasteiger partial charge >= 0.3 is 0 Å². The maximum Gasteiger partial charge on any atom is 0.0359 e. The fraction of sp³-hybridized carbons (Fsp3) is 1.00. The van der Waals surface area contributed by atoms with Crippen LogP contribution in [-0.2, 0) is 10.8 Å². The minimum atomic E-state index is -0.603. The third kappa shape index (κ3) is 5.67. The first-order chi connectivity index (χ1) is 7.22. The average Bonchev–Trinajstić information content (AvgIpc) is 2.24. The van der Waals surface area contributed by atoms with E-state index in [2.05, 4.69) is 12.2 Å². The predicted octanol–water partition coefficient (Wildman–Crippen LogP) is 2.17. The van der Waals surface area contributed by atoms with Gasteiger partial charge in [0.2, 0.25) is 0 Å². The number of hydrogen-bond donors (Lipinski definition) is 1. The highest BCUT2D eigenvalue weighted by atomic mass is 32.2. The van der Waals surface area contributed by atoms with Gasteiger partial charge < -0.3 is 5.32 Å². The first-order valence-corrected chi connectivity index (χ1v) is 7.76. The molecular formula is C12H25NOS. The minimum Gasteiger partial charge on any atom is -0.316 e. The zero-order valence-corrected chi connectivity index (χ0v) is 10.9. The Morgan fingerprint density at radius 3 is 2.87 bits per heavy atom. The Morgan fingerprint density at radius 1 is 1.40 bits per heavy atom. The van der Waals surface area contributed by atoms with Crippen LogP contribution < -0.4 is 5.32 Å². The summed E-state index contributed by atoms with van der Waals surface area (Å²) in [5, 5.41) is 3.45. The largest absolute Gasteiger partial charge is 0.316 e. The van der Waals surface area contributed by atoms with Crippen LogP contribution >= 0.6 is 0 Å². The molecule has 1 aliphatic carbocycles. The van der Waals surface area contributed by atoms with E-state index in [-0.39, 0.29) is 0 Å². The van der Waals surface area contributed by atoms with E-state index >= 15 is 0 Å². The first kappa shape index (κ1) is 13.2. The van der Waals surface area contributed by atoms with Crippen LogP contribution in [0.15, 0.2) is 0 Å². The van der Waals surface area contributed by atoms with Crippen LogP contribution in [0.25, 0.3) is 0 Å². The zero-order chi connectivity index (χ0) is 11.1. The average molecular weight is 231 g/mol. The van der Waals surface area contributed by atoms with E-state index in [0.29, 0.717) is 0 Å². The second kappa shape index (κ2) is 7.39. The fourth-order valence-corrected chi connectivity index (χ4v) is 3.04. The van der Waals surface area contributed by atoms with E-state index in [4.69, 9.17) is 0 Å². The molecule has 1 saturated carbocycles. The van der Waals surface area contributed by atoms with Crippen molar-refractivity contribution in [3.63, 3.8) is 0 Å². The standard InChI is InChI=1S/C12H25NOS/c1-3-15(14)8-7-13-10-12-6-4-5-11(2)9-12/h11-13H,3-10H2,1-2H3. The van der Waals surface area contributed by atoms with Crippen LogP contribution in [0.4, 0.5) is 0 Å². The van der Waals surface area contributed by atoms with Gasteiger partial charge in [0, 0.05) is 28.9 Å². The Bertz CT molecular complexity index is 196. The Balaban J connectivity index is 2.02. The molecule has 1 N–H and O–H groups in total. The highest BCUT2D eigenvalue weighted by Crippen LogP contribution is 2.27. The molecule has 0 amide bonds. The summed E-state index contributed by atoms with van der Waals surface area (Å²) in [5.74, 6) is 3.39. The van der Waals surface area contributed by atoms with Gasteiger partial charge in [-0.15, -0.1) is 0 Å². The lowest BCUT2D eigenvalue weighted by molar-refractivity contribution is 0.276. The normalized spacial score (nSPS) is 28.9. The summed E-state index contributed by atoms with van der Waals surface area (Å²) in [7, 11) is -0.603. The third-order valence-electron chi connectivity index (χ3n) is 3.31. The van der Waals surface area contributed by atoms with Crippen LogP contribution in [0.5, 0.6) is 0 Å². The summed E-state index contributed by atoms with van der Waals surface area (Å²) in [4.78, 5) is 0. The number of rotatable bonds is 6. The van der Waals surface area contributed by atoms with E-state index in [0.717, 1.165) is 36.4 Å². The van der Waals surface area contributed by atoms with Gasteiger partial charge in [0.25, 0.3) is 0 Å². The fourth-order valence-electron chi connectivity index (χ4n) is 2.38. The van der Waals surface area contributed by atoms with Crippen molar-refractivity contribution < 1.29 is 4.21 Å². The smallest absolute Gasteiger partial charge is 0.0359 e. The Labute approximate surface area is 96.7 Å². The zero-order valence-electron chi connectivity index (χ0n) is 10.1. The number of hydrogen-bond acceptors (Lipinski definition) is 2. The molecule has 3 atom stereocenters. The monoisotopic (exact) mass is 231 g/mol. The molecule has 0 radical (unpaired) electrons. The predicted molar refractivity (Wildman–Crippen MR) is 67.5 cm³/mol. The molecule has 0 spiro atoms. The maximum atomic E-state index is 11.2.